The van der Waals surface area contributed by atoms with Gasteiger partial charge in [0, 0.05) is 30.0 Å². The molecule has 1 amide bonds. The summed E-state index contributed by atoms with van der Waals surface area (Å²) in [4.78, 5) is 42.8. The van der Waals surface area contributed by atoms with Gasteiger partial charge in [-0.15, -0.1) is 0 Å². The molecule has 3 N–H and O–H groups in total. The van der Waals surface area contributed by atoms with E-state index in [9.17, 15) is 19.5 Å². The molecule has 0 saturated heterocycles. The van der Waals surface area contributed by atoms with Crippen LogP contribution in [0.2, 0.25) is 5.02 Å². The van der Waals surface area contributed by atoms with Crippen molar-refractivity contribution in [3.05, 3.63) is 55.8 Å². The van der Waals surface area contributed by atoms with E-state index in [2.05, 4.69) is 10.6 Å². The van der Waals surface area contributed by atoms with Crippen molar-refractivity contribution in [2.75, 3.05) is 11.9 Å². The number of carbonyl (C=O) groups is 2. The topological polar surface area (TPSA) is 123 Å². The maximum Gasteiger partial charge on any atom is 0.343 e. The number of amides is 1. The van der Waals surface area contributed by atoms with Gasteiger partial charge in [-0.2, -0.15) is 0 Å². The number of nitrogens with zero attached hydrogens (tertiary/aromatic N) is 2. The Bertz CT molecular complexity index is 1510. The van der Waals surface area contributed by atoms with Gasteiger partial charge in [-0.25, -0.2) is 9.78 Å². The van der Waals surface area contributed by atoms with Crippen LogP contribution in [0.5, 0.6) is 0 Å². The summed E-state index contributed by atoms with van der Waals surface area (Å²) >= 11 is 6.47. The zero-order valence-corrected chi connectivity index (χ0v) is 19.2. The maximum absolute atomic E-state index is 13.5. The van der Waals surface area contributed by atoms with Gasteiger partial charge in [-0.1, -0.05) is 18.5 Å². The summed E-state index contributed by atoms with van der Waals surface area (Å²) in [5.41, 5.74) is 2.51. The molecular weight excluding hydrogens is 460 g/mol. The third kappa shape index (κ3) is 2.65. The van der Waals surface area contributed by atoms with Crippen molar-refractivity contribution < 1.29 is 19.4 Å². The first-order valence-electron chi connectivity index (χ1n) is 11.1. The maximum atomic E-state index is 13.5. The van der Waals surface area contributed by atoms with Crippen LogP contribution < -0.4 is 16.2 Å². The molecule has 6 rings (SSSR count). The van der Waals surface area contributed by atoms with E-state index in [1.807, 2.05) is 6.07 Å². The molecule has 0 spiro atoms. The third-order valence-electron chi connectivity index (χ3n) is 7.06. The molecule has 5 heterocycles. The molecule has 1 aromatic carbocycles. The average Bonchev–Trinajstić information content (AvgIpc) is 3.18. The van der Waals surface area contributed by atoms with Gasteiger partial charge in [0.15, 0.2) is 5.60 Å². The monoisotopic (exact) mass is 480 g/mol. The number of halogens is 1. The lowest BCUT2D eigenvalue weighted by Crippen LogP contribution is -2.44. The number of fused-ring (bicyclic) bond motifs is 5. The Morgan fingerprint density at radius 3 is 2.91 bits per heavy atom. The normalized spacial score (nSPS) is 21.9. The Hall–Kier alpha value is -3.43. The molecule has 2 atom stereocenters. The number of esters is 1. The second-order valence-electron chi connectivity index (χ2n) is 8.91. The summed E-state index contributed by atoms with van der Waals surface area (Å²) in [5, 5.41) is 18.7. The summed E-state index contributed by atoms with van der Waals surface area (Å²) in [6.07, 6.45) is 0.0725. The molecule has 174 valence electrons. The second kappa shape index (κ2) is 7.04. The number of ether oxygens (including phenoxy) is 1. The minimum Gasteiger partial charge on any atom is -0.458 e. The van der Waals surface area contributed by atoms with Crippen molar-refractivity contribution in [2.24, 2.45) is 0 Å². The van der Waals surface area contributed by atoms with Crippen molar-refractivity contribution in [3.8, 4) is 11.4 Å². The van der Waals surface area contributed by atoms with Gasteiger partial charge in [-0.05, 0) is 30.2 Å². The van der Waals surface area contributed by atoms with Crippen LogP contribution in [-0.4, -0.2) is 33.1 Å². The zero-order chi connectivity index (χ0) is 23.9. The predicted octanol–water partition coefficient (Wildman–Crippen LogP) is 2.34. The van der Waals surface area contributed by atoms with Crippen LogP contribution in [0.15, 0.2) is 23.0 Å². The van der Waals surface area contributed by atoms with E-state index in [0.29, 0.717) is 28.5 Å². The van der Waals surface area contributed by atoms with Crippen molar-refractivity contribution >= 4 is 40.1 Å². The molecule has 0 fully saturated rings. The minimum absolute atomic E-state index is 0.0725. The highest BCUT2D eigenvalue weighted by atomic mass is 35.5. The molecule has 9 nitrogen and oxygen atoms in total. The lowest BCUT2D eigenvalue weighted by atomic mass is 9.86. The number of anilines is 1. The quantitative estimate of drug-likeness (QED) is 0.376. The largest absolute Gasteiger partial charge is 0.458 e. The smallest absolute Gasteiger partial charge is 0.343 e. The van der Waals surface area contributed by atoms with Crippen molar-refractivity contribution in [1.82, 2.24) is 14.9 Å². The molecule has 0 radical (unpaired) electrons. The van der Waals surface area contributed by atoms with Gasteiger partial charge in [0.05, 0.1) is 45.8 Å². The number of aromatic nitrogens is 2. The molecule has 0 saturated carbocycles. The van der Waals surface area contributed by atoms with Crippen molar-refractivity contribution in [1.29, 1.82) is 0 Å². The van der Waals surface area contributed by atoms with E-state index in [4.69, 9.17) is 21.3 Å². The number of cyclic esters (lactones) is 1. The highest BCUT2D eigenvalue weighted by Gasteiger charge is 2.45. The Morgan fingerprint density at radius 2 is 2.18 bits per heavy atom. The number of aliphatic hydroxyl groups is 1. The summed E-state index contributed by atoms with van der Waals surface area (Å²) in [7, 11) is 0. The predicted molar refractivity (Wildman–Crippen MR) is 125 cm³/mol. The first-order valence-corrected chi connectivity index (χ1v) is 11.5. The molecule has 34 heavy (non-hydrogen) atoms. The molecule has 1 unspecified atom stereocenters. The van der Waals surface area contributed by atoms with E-state index in [0.717, 1.165) is 22.2 Å². The van der Waals surface area contributed by atoms with Gasteiger partial charge in [0.2, 0.25) is 5.91 Å². The molecular formula is C24H21ClN4O5. The van der Waals surface area contributed by atoms with Crippen LogP contribution >= 0.6 is 11.6 Å². The summed E-state index contributed by atoms with van der Waals surface area (Å²) < 4.78 is 6.74. The molecule has 3 aromatic rings. The number of benzene rings is 1. The number of pyridine rings is 2. The lowest BCUT2D eigenvalue weighted by Gasteiger charge is -2.31. The Kier molecular flexibility index (Phi) is 4.37. The number of carbonyl (C=O) groups excluding carboxylic acids is 2. The number of rotatable bonds is 2. The lowest BCUT2D eigenvalue weighted by molar-refractivity contribution is -0.172. The number of hydrogen-bond acceptors (Lipinski definition) is 7. The van der Waals surface area contributed by atoms with E-state index in [-0.39, 0.29) is 48.2 Å². The van der Waals surface area contributed by atoms with E-state index in [1.165, 1.54) is 6.92 Å². The standard InChI is InChI=1S/C24H21ClN4O5/c1-3-24(33)13-6-17-20-11(8-29(17)22(31)12(13)9-34-23(24)32)18-16(27-10(2)30)7-26-21-14(25)4-5-15(28-20)19(18)21/h4-6,16,26,33H,3,7-9H2,1-2H3,(H,27,30)/t16?,24-/m0/s1. The summed E-state index contributed by atoms with van der Waals surface area (Å²) in [6.45, 7) is 3.62. The van der Waals surface area contributed by atoms with Crippen LogP contribution in [0.3, 0.4) is 0 Å². The van der Waals surface area contributed by atoms with Crippen LogP contribution in [0.4, 0.5) is 5.69 Å². The molecule has 3 aliphatic heterocycles. The molecule has 2 aromatic heterocycles. The highest BCUT2D eigenvalue weighted by Crippen LogP contribution is 2.46. The van der Waals surface area contributed by atoms with Gasteiger partial charge < -0.3 is 25.0 Å². The fraction of sp³-hybridized carbons (Fsp3) is 0.333. The fourth-order valence-electron chi connectivity index (χ4n) is 5.41. The van der Waals surface area contributed by atoms with E-state index >= 15 is 0 Å². The van der Waals surface area contributed by atoms with Gasteiger partial charge >= 0.3 is 5.97 Å². The van der Waals surface area contributed by atoms with E-state index in [1.54, 1.807) is 23.6 Å². The third-order valence-corrected chi connectivity index (χ3v) is 7.37. The summed E-state index contributed by atoms with van der Waals surface area (Å²) in [6, 6.07) is 4.90. The first-order chi connectivity index (χ1) is 16.2. The van der Waals surface area contributed by atoms with Gasteiger partial charge in [0.25, 0.3) is 5.56 Å². The fourth-order valence-corrected chi connectivity index (χ4v) is 5.64. The number of hydrogen-bond donors (Lipinski definition) is 3. The molecule has 0 bridgehead atoms. The highest BCUT2D eigenvalue weighted by molar-refractivity contribution is 6.35. The van der Waals surface area contributed by atoms with Crippen LogP contribution in [0.1, 0.15) is 48.6 Å². The van der Waals surface area contributed by atoms with Crippen molar-refractivity contribution in [3.63, 3.8) is 0 Å². The Labute approximate surface area is 198 Å². The van der Waals surface area contributed by atoms with Gasteiger partial charge in [-0.3, -0.25) is 9.59 Å². The van der Waals surface area contributed by atoms with Gasteiger partial charge in [0.1, 0.15) is 6.61 Å². The Morgan fingerprint density at radius 1 is 1.38 bits per heavy atom. The molecule has 3 aliphatic rings. The summed E-state index contributed by atoms with van der Waals surface area (Å²) in [5.74, 6) is -0.939. The average molecular weight is 481 g/mol. The van der Waals surface area contributed by atoms with Crippen LogP contribution in [0.25, 0.3) is 22.3 Å². The van der Waals surface area contributed by atoms with Crippen LogP contribution in [-0.2, 0) is 33.1 Å². The Balaban J connectivity index is 1.67. The van der Waals surface area contributed by atoms with E-state index < -0.39 is 11.6 Å². The van der Waals surface area contributed by atoms with Crippen molar-refractivity contribution in [2.45, 2.75) is 45.1 Å². The number of nitrogens with one attached hydrogen (secondary N) is 2. The molecule has 0 aliphatic carbocycles. The zero-order valence-electron chi connectivity index (χ0n) is 18.5. The second-order valence-corrected chi connectivity index (χ2v) is 9.31. The van der Waals surface area contributed by atoms with Crippen LogP contribution in [0, 0.1) is 0 Å². The SMILES string of the molecule is CC[C@@]1(O)C(=O)OCc2c1cc1n(c2=O)Cc2c-1nc1ccc(Cl)c3c1c2C(NC(C)=O)CN3. The minimum atomic E-state index is -1.89. The molecule has 10 heteroatoms. The first kappa shape index (κ1) is 21.1.